The van der Waals surface area contributed by atoms with E-state index >= 15 is 0 Å². The van der Waals surface area contributed by atoms with Gasteiger partial charge in [0.1, 0.15) is 6.33 Å². The fraction of sp³-hybridized carbons (Fsp3) is 0.189. The maximum Gasteiger partial charge on any atom is 0.157 e. The van der Waals surface area contributed by atoms with Gasteiger partial charge in [0.2, 0.25) is 0 Å². The Hall–Kier alpha value is -5.34. The molecule has 0 amide bonds. The zero-order valence-corrected chi connectivity index (χ0v) is 26.3. The Bertz CT molecular complexity index is 1800. The summed E-state index contributed by atoms with van der Waals surface area (Å²) in [6, 6.07) is 14.9. The number of aliphatic imine (C=N–C) groups is 1. The van der Waals surface area contributed by atoms with E-state index in [1.807, 2.05) is 17.6 Å². The third kappa shape index (κ3) is 6.61. The molecule has 0 unspecified atom stereocenters. The molecule has 5 rings (SSSR count). The third-order valence-corrected chi connectivity index (χ3v) is 8.53. The number of hydrazine groups is 1. The van der Waals surface area contributed by atoms with Gasteiger partial charge in [-0.2, -0.15) is 0 Å². The molecule has 2 aliphatic rings. The minimum absolute atomic E-state index is 0.155. The van der Waals surface area contributed by atoms with Crippen LogP contribution in [0.5, 0.6) is 0 Å². The van der Waals surface area contributed by atoms with Crippen molar-refractivity contribution in [1.29, 1.82) is 0 Å². The van der Waals surface area contributed by atoms with E-state index in [1.54, 1.807) is 12.5 Å². The van der Waals surface area contributed by atoms with E-state index in [1.165, 1.54) is 22.3 Å². The fourth-order valence-corrected chi connectivity index (χ4v) is 5.60. The molecule has 3 aromatic rings. The van der Waals surface area contributed by atoms with Crippen molar-refractivity contribution in [2.24, 2.45) is 10.8 Å². The third-order valence-electron chi connectivity index (χ3n) is 8.53. The maximum absolute atomic E-state index is 5.54. The normalized spacial score (nSPS) is 15.7. The molecule has 0 saturated heterocycles. The molecule has 8 nitrogen and oxygen atoms in total. The average Bonchev–Trinajstić information content (AvgIpc) is 3.69. The molecule has 2 aliphatic carbocycles. The summed E-state index contributed by atoms with van der Waals surface area (Å²) in [6.45, 7) is 30.2. The van der Waals surface area contributed by atoms with Gasteiger partial charge in [-0.25, -0.2) is 9.98 Å². The van der Waals surface area contributed by atoms with Crippen molar-refractivity contribution in [2.75, 3.05) is 0 Å². The molecule has 1 heterocycles. The number of benzene rings is 2. The summed E-state index contributed by atoms with van der Waals surface area (Å²) in [5, 5.41) is 10.5. The van der Waals surface area contributed by atoms with E-state index in [4.69, 9.17) is 10.8 Å². The summed E-state index contributed by atoms with van der Waals surface area (Å²) in [7, 11) is 0. The van der Waals surface area contributed by atoms with Gasteiger partial charge in [-0.05, 0) is 77.3 Å². The minimum Gasteiger partial charge on any atom is -0.380 e. The average molecular weight is 599 g/mol. The molecule has 0 saturated carbocycles. The van der Waals surface area contributed by atoms with Crippen LogP contribution in [0.2, 0.25) is 0 Å². The number of imidazole rings is 1. The number of aromatic nitrogens is 2. The molecule has 1 atom stereocenters. The van der Waals surface area contributed by atoms with Crippen molar-refractivity contribution in [3.63, 3.8) is 0 Å². The second-order valence-electron chi connectivity index (χ2n) is 11.5. The number of hydrogen-bond donors (Lipinski definition) is 5. The van der Waals surface area contributed by atoms with Crippen LogP contribution in [0.3, 0.4) is 0 Å². The highest BCUT2D eigenvalue weighted by Crippen LogP contribution is 2.35. The monoisotopic (exact) mass is 598 g/mol. The van der Waals surface area contributed by atoms with Gasteiger partial charge in [0.05, 0.1) is 29.3 Å². The van der Waals surface area contributed by atoms with E-state index in [0.717, 1.165) is 52.2 Å². The predicted molar refractivity (Wildman–Crippen MR) is 187 cm³/mol. The Balaban J connectivity index is 1.17. The first-order chi connectivity index (χ1) is 21.6. The van der Waals surface area contributed by atoms with Crippen molar-refractivity contribution in [1.82, 2.24) is 30.9 Å². The second kappa shape index (κ2) is 13.1. The van der Waals surface area contributed by atoms with Gasteiger partial charge in [0.25, 0.3) is 0 Å². The molecular formula is C37H42N8. The summed E-state index contributed by atoms with van der Waals surface area (Å²) in [5.74, 6) is 6.18. The molecule has 6 N–H and O–H groups in total. The van der Waals surface area contributed by atoms with Gasteiger partial charge in [-0.15, -0.1) is 0 Å². The van der Waals surface area contributed by atoms with Gasteiger partial charge in [0, 0.05) is 30.2 Å². The number of aryl methyl sites for hydroxylation is 1. The van der Waals surface area contributed by atoms with Crippen molar-refractivity contribution in [2.45, 2.75) is 45.8 Å². The lowest BCUT2D eigenvalue weighted by Gasteiger charge is -2.28. The van der Waals surface area contributed by atoms with E-state index in [-0.39, 0.29) is 6.04 Å². The molecule has 230 valence electrons. The smallest absolute Gasteiger partial charge is 0.157 e. The molecule has 1 aromatic heterocycles. The molecule has 0 spiro atoms. The van der Waals surface area contributed by atoms with Gasteiger partial charge in [-0.1, -0.05) is 75.9 Å². The summed E-state index contributed by atoms with van der Waals surface area (Å²) in [5.41, 5.74) is 16.3. The number of rotatable bonds is 14. The largest absolute Gasteiger partial charge is 0.380 e. The zero-order valence-electron chi connectivity index (χ0n) is 26.3. The van der Waals surface area contributed by atoms with Crippen LogP contribution in [-0.2, 0) is 19.5 Å². The predicted octanol–water partition coefficient (Wildman–Crippen LogP) is 6.46. The highest BCUT2D eigenvalue weighted by Gasteiger charge is 2.24. The number of nitrogens with zero attached hydrogens (tertiary/aromatic N) is 3. The van der Waals surface area contributed by atoms with Crippen LogP contribution in [0.15, 0.2) is 133 Å². The lowest BCUT2D eigenvalue weighted by atomic mass is 9.85. The summed E-state index contributed by atoms with van der Waals surface area (Å²) in [4.78, 5) is 9.15. The zero-order chi connectivity index (χ0) is 32.2. The quantitative estimate of drug-likeness (QED) is 0.0631. The van der Waals surface area contributed by atoms with E-state index in [2.05, 4.69) is 109 Å². The van der Waals surface area contributed by atoms with Crippen molar-refractivity contribution < 1.29 is 0 Å². The Labute approximate surface area is 266 Å². The lowest BCUT2D eigenvalue weighted by molar-refractivity contribution is 0.606. The molecule has 45 heavy (non-hydrogen) atoms. The number of hydrogen-bond acceptors (Lipinski definition) is 7. The summed E-state index contributed by atoms with van der Waals surface area (Å²) in [6.07, 6.45) is 5.34. The molecule has 0 bridgehead atoms. The Morgan fingerprint density at radius 1 is 1.02 bits per heavy atom. The molecule has 0 aliphatic heterocycles. The van der Waals surface area contributed by atoms with Crippen LogP contribution in [0.1, 0.15) is 54.1 Å². The van der Waals surface area contributed by atoms with Crippen molar-refractivity contribution in [3.8, 4) is 0 Å². The molecule has 8 heteroatoms. The van der Waals surface area contributed by atoms with Crippen LogP contribution in [0.25, 0.3) is 11.4 Å². The Morgan fingerprint density at radius 3 is 2.51 bits per heavy atom. The SMILES string of the molecule is C=C(NCc1cccc(CNC2=C(C)C(=C)C2=C)c1)C(=C)n1cncc1/N=C(\C)C(=C)N[C@H]1CCc2cc(C(=C)NN)ccc21. The van der Waals surface area contributed by atoms with Gasteiger partial charge in [0.15, 0.2) is 5.82 Å². The van der Waals surface area contributed by atoms with Crippen LogP contribution >= 0.6 is 0 Å². The molecule has 0 fully saturated rings. The number of allylic oxidation sites excluding steroid dienone is 4. The van der Waals surface area contributed by atoms with Crippen LogP contribution in [0.4, 0.5) is 5.82 Å². The van der Waals surface area contributed by atoms with Gasteiger partial charge >= 0.3 is 0 Å². The second-order valence-corrected chi connectivity index (χ2v) is 11.5. The highest BCUT2D eigenvalue weighted by atomic mass is 15.2. The van der Waals surface area contributed by atoms with Crippen LogP contribution in [0, 0.1) is 0 Å². The topological polar surface area (TPSA) is 104 Å². The molecule has 2 aromatic carbocycles. The van der Waals surface area contributed by atoms with E-state index in [0.29, 0.717) is 36.0 Å². The van der Waals surface area contributed by atoms with E-state index in [9.17, 15) is 0 Å². The Morgan fingerprint density at radius 2 is 1.78 bits per heavy atom. The number of nitrogens with one attached hydrogen (secondary N) is 4. The van der Waals surface area contributed by atoms with Crippen molar-refractivity contribution >= 4 is 22.9 Å². The standard InChI is InChI=1S/C37H42N8/c1-22-23(2)37(24(22)3)41-19-31-11-9-10-30(16-31)18-40-27(6)29(8)45-21-39-20-36(45)43-26(5)25(4)42-35-15-13-33-17-32(28(7)44-38)12-14-34(33)35/h9-12,14,16-17,20-21,35,40-42,44H,1-2,4,6-8,13,15,18-19,38H2,3,5H3/b43-26+/t35-/m0/s1. The van der Waals surface area contributed by atoms with Crippen LogP contribution < -0.4 is 27.2 Å². The summed E-state index contributed by atoms with van der Waals surface area (Å²) < 4.78 is 1.83. The van der Waals surface area contributed by atoms with Gasteiger partial charge in [-0.3, -0.25) is 10.4 Å². The molecular weight excluding hydrogens is 556 g/mol. The Kier molecular flexibility index (Phi) is 9.06. The summed E-state index contributed by atoms with van der Waals surface area (Å²) >= 11 is 0. The van der Waals surface area contributed by atoms with Crippen molar-refractivity contribution in [3.05, 3.63) is 156 Å². The first kappa shape index (κ1) is 31.1. The fourth-order valence-electron chi connectivity index (χ4n) is 5.60. The number of nitrogens with two attached hydrogens (primary N) is 1. The van der Waals surface area contributed by atoms with Gasteiger partial charge < -0.3 is 21.4 Å². The minimum atomic E-state index is 0.155. The lowest BCUT2D eigenvalue weighted by Crippen LogP contribution is -2.23. The van der Waals surface area contributed by atoms with E-state index < -0.39 is 0 Å². The first-order valence-corrected chi connectivity index (χ1v) is 14.9. The highest BCUT2D eigenvalue weighted by molar-refractivity contribution is 5.98. The maximum atomic E-state index is 5.54. The number of fused-ring (bicyclic) bond motifs is 1. The first-order valence-electron chi connectivity index (χ1n) is 14.9. The molecule has 0 radical (unpaired) electrons. The van der Waals surface area contributed by atoms with Crippen LogP contribution in [-0.4, -0.2) is 15.3 Å².